The largest absolute Gasteiger partial charge is 0.393 e. The summed E-state index contributed by atoms with van der Waals surface area (Å²) in [5.41, 5.74) is 4.04. The number of hydrogen-bond donors (Lipinski definition) is 2. The lowest BCUT2D eigenvalue weighted by atomic mass is 9.60. The van der Waals surface area contributed by atoms with Crippen LogP contribution in [-0.2, 0) is 0 Å². The van der Waals surface area contributed by atoms with Crippen molar-refractivity contribution in [2.45, 2.75) is 52.1 Å². The highest BCUT2D eigenvalue weighted by Gasteiger charge is 2.41. The minimum absolute atomic E-state index is 0.107. The van der Waals surface area contributed by atoms with E-state index in [1.807, 2.05) is 0 Å². The van der Waals surface area contributed by atoms with Gasteiger partial charge >= 0.3 is 0 Å². The average Bonchev–Trinajstić information content (AvgIpc) is 2.26. The van der Waals surface area contributed by atoms with Crippen molar-refractivity contribution in [2.75, 3.05) is 6.61 Å². The highest BCUT2D eigenvalue weighted by atomic mass is 16.3. The summed E-state index contributed by atoms with van der Waals surface area (Å²) in [5, 5.41) is 19.1. The first-order valence-corrected chi connectivity index (χ1v) is 6.62. The normalized spacial score (nSPS) is 37.9. The first-order valence-electron chi connectivity index (χ1n) is 6.62. The smallest absolute Gasteiger partial charge is 0.0641 e. The molecule has 0 aromatic rings. The molecule has 2 N–H and O–H groups in total. The molecular formula is C15H24O2. The van der Waals surface area contributed by atoms with Crippen molar-refractivity contribution in [3.05, 3.63) is 23.3 Å². The Hall–Kier alpha value is -0.600. The van der Waals surface area contributed by atoms with E-state index in [0.717, 1.165) is 37.7 Å². The Kier molecular flexibility index (Phi) is 3.46. The zero-order valence-corrected chi connectivity index (χ0v) is 11.0. The molecule has 1 fully saturated rings. The van der Waals surface area contributed by atoms with E-state index in [9.17, 15) is 10.2 Å². The molecule has 96 valence electrons. The van der Waals surface area contributed by atoms with E-state index in [2.05, 4.69) is 20.4 Å². The van der Waals surface area contributed by atoms with Crippen LogP contribution in [0.1, 0.15) is 46.0 Å². The third-order valence-electron chi connectivity index (χ3n) is 4.75. The third-order valence-corrected chi connectivity index (χ3v) is 4.75. The summed E-state index contributed by atoms with van der Waals surface area (Å²) in [7, 11) is 0. The Morgan fingerprint density at radius 3 is 2.82 bits per heavy atom. The summed E-state index contributed by atoms with van der Waals surface area (Å²) < 4.78 is 0. The fourth-order valence-corrected chi connectivity index (χ4v) is 3.70. The van der Waals surface area contributed by atoms with Gasteiger partial charge in [0.25, 0.3) is 0 Å². The van der Waals surface area contributed by atoms with Crippen LogP contribution >= 0.6 is 0 Å². The fourth-order valence-electron chi connectivity index (χ4n) is 3.70. The molecule has 3 atom stereocenters. The van der Waals surface area contributed by atoms with Crippen LogP contribution in [0, 0.1) is 11.3 Å². The van der Waals surface area contributed by atoms with Gasteiger partial charge in [0, 0.05) is 0 Å². The van der Waals surface area contributed by atoms with Gasteiger partial charge in [-0.25, -0.2) is 0 Å². The van der Waals surface area contributed by atoms with Crippen LogP contribution in [0.25, 0.3) is 0 Å². The minimum Gasteiger partial charge on any atom is -0.393 e. The quantitative estimate of drug-likeness (QED) is 0.724. The lowest BCUT2D eigenvalue weighted by Gasteiger charge is -2.46. The molecule has 2 aliphatic carbocycles. The number of allylic oxidation sites excluding steroid dienone is 1. The van der Waals surface area contributed by atoms with Gasteiger partial charge in [-0.15, -0.1) is 0 Å². The van der Waals surface area contributed by atoms with Crippen molar-refractivity contribution in [1.29, 1.82) is 0 Å². The summed E-state index contributed by atoms with van der Waals surface area (Å²) in [6.07, 6.45) is 4.80. The number of aliphatic hydroxyl groups is 2. The maximum absolute atomic E-state index is 9.91. The van der Waals surface area contributed by atoms with Gasteiger partial charge in [-0.3, -0.25) is 0 Å². The van der Waals surface area contributed by atoms with Crippen molar-refractivity contribution in [2.24, 2.45) is 11.3 Å². The van der Waals surface area contributed by atoms with Gasteiger partial charge in [0.15, 0.2) is 0 Å². The molecule has 0 spiro atoms. The molecule has 0 saturated heterocycles. The number of fused-ring (bicyclic) bond motifs is 1. The number of aliphatic hydroxyl groups excluding tert-OH is 2. The molecule has 0 aliphatic heterocycles. The van der Waals surface area contributed by atoms with Gasteiger partial charge in [-0.2, -0.15) is 0 Å². The Balaban J connectivity index is 2.23. The first-order chi connectivity index (χ1) is 7.96. The topological polar surface area (TPSA) is 40.5 Å². The van der Waals surface area contributed by atoms with Crippen LogP contribution in [0.5, 0.6) is 0 Å². The van der Waals surface area contributed by atoms with Crippen LogP contribution in [0.2, 0.25) is 0 Å². The van der Waals surface area contributed by atoms with E-state index in [-0.39, 0.29) is 18.1 Å². The standard InChI is InChI=1S/C15H24O2/c1-10-6-13(17)8-15(3)5-4-12(7-14(10)15)11(2)9-16/h12-13,16-17H,2,4-9H2,1,3H3. The molecule has 0 radical (unpaired) electrons. The predicted molar refractivity (Wildman–Crippen MR) is 69.6 cm³/mol. The molecular weight excluding hydrogens is 212 g/mol. The van der Waals surface area contributed by atoms with E-state index in [1.54, 1.807) is 0 Å². The third kappa shape index (κ3) is 2.34. The highest BCUT2D eigenvalue weighted by Crippen LogP contribution is 2.51. The van der Waals surface area contributed by atoms with Gasteiger partial charge in [-0.05, 0) is 55.9 Å². The van der Waals surface area contributed by atoms with Crippen molar-refractivity contribution in [3.8, 4) is 0 Å². The Bertz CT molecular complexity index is 356. The minimum atomic E-state index is -0.165. The first kappa shape index (κ1) is 12.8. The second-order valence-electron chi connectivity index (χ2n) is 6.14. The lowest BCUT2D eigenvalue weighted by Crippen LogP contribution is -2.36. The fraction of sp³-hybridized carbons (Fsp3) is 0.733. The predicted octanol–water partition coefficient (Wildman–Crippen LogP) is 2.81. The molecule has 3 unspecified atom stereocenters. The SMILES string of the molecule is C=C(CO)C1CCC2(C)CC(O)CC(C)=C2C1. The second-order valence-corrected chi connectivity index (χ2v) is 6.14. The molecule has 2 aliphatic rings. The van der Waals surface area contributed by atoms with Crippen molar-refractivity contribution >= 4 is 0 Å². The molecule has 2 heteroatoms. The molecule has 0 heterocycles. The maximum atomic E-state index is 9.91. The molecule has 0 aromatic heterocycles. The summed E-state index contributed by atoms with van der Waals surface area (Å²) in [4.78, 5) is 0. The maximum Gasteiger partial charge on any atom is 0.0641 e. The van der Waals surface area contributed by atoms with Crippen LogP contribution in [-0.4, -0.2) is 22.9 Å². The van der Waals surface area contributed by atoms with Crippen LogP contribution < -0.4 is 0 Å². The van der Waals surface area contributed by atoms with Gasteiger partial charge in [-0.1, -0.05) is 24.6 Å². The molecule has 2 nitrogen and oxygen atoms in total. The molecule has 2 rings (SSSR count). The van der Waals surface area contributed by atoms with Gasteiger partial charge in [0.05, 0.1) is 12.7 Å². The molecule has 1 saturated carbocycles. The van der Waals surface area contributed by atoms with E-state index in [4.69, 9.17) is 0 Å². The average molecular weight is 236 g/mol. The van der Waals surface area contributed by atoms with Gasteiger partial charge < -0.3 is 10.2 Å². The summed E-state index contributed by atoms with van der Waals surface area (Å²) >= 11 is 0. The monoisotopic (exact) mass is 236 g/mol. The van der Waals surface area contributed by atoms with Crippen molar-refractivity contribution in [1.82, 2.24) is 0 Å². The molecule has 0 bridgehead atoms. The van der Waals surface area contributed by atoms with E-state index >= 15 is 0 Å². The van der Waals surface area contributed by atoms with Gasteiger partial charge in [0.1, 0.15) is 0 Å². The lowest BCUT2D eigenvalue weighted by molar-refractivity contribution is 0.0871. The van der Waals surface area contributed by atoms with Crippen LogP contribution in [0.3, 0.4) is 0 Å². The van der Waals surface area contributed by atoms with Crippen molar-refractivity contribution < 1.29 is 10.2 Å². The van der Waals surface area contributed by atoms with Gasteiger partial charge in [0.2, 0.25) is 0 Å². The van der Waals surface area contributed by atoms with E-state index in [0.29, 0.717) is 5.92 Å². The number of rotatable bonds is 2. The van der Waals surface area contributed by atoms with E-state index < -0.39 is 0 Å². The highest BCUT2D eigenvalue weighted by molar-refractivity contribution is 5.29. The van der Waals surface area contributed by atoms with Crippen LogP contribution in [0.15, 0.2) is 23.3 Å². The zero-order valence-electron chi connectivity index (χ0n) is 11.0. The van der Waals surface area contributed by atoms with Crippen molar-refractivity contribution in [3.63, 3.8) is 0 Å². The molecule has 17 heavy (non-hydrogen) atoms. The molecule has 0 amide bonds. The summed E-state index contributed by atoms with van der Waals surface area (Å²) in [6, 6.07) is 0. The molecule has 0 aromatic carbocycles. The number of hydrogen-bond acceptors (Lipinski definition) is 2. The Labute approximate surface area is 104 Å². The van der Waals surface area contributed by atoms with E-state index in [1.165, 1.54) is 11.1 Å². The Morgan fingerprint density at radius 2 is 2.18 bits per heavy atom. The Morgan fingerprint density at radius 1 is 1.47 bits per heavy atom. The van der Waals surface area contributed by atoms with Crippen LogP contribution in [0.4, 0.5) is 0 Å². The summed E-state index contributed by atoms with van der Waals surface area (Å²) in [6.45, 7) is 8.52. The second kappa shape index (κ2) is 4.58. The summed E-state index contributed by atoms with van der Waals surface area (Å²) in [5.74, 6) is 0.438. The zero-order chi connectivity index (χ0) is 12.6.